The first-order valence-corrected chi connectivity index (χ1v) is 7.82. The molecule has 1 aliphatic rings. The molecule has 0 bridgehead atoms. The van der Waals surface area contributed by atoms with E-state index < -0.39 is 29.0 Å². The Labute approximate surface area is 138 Å². The molecule has 1 aliphatic heterocycles. The van der Waals surface area contributed by atoms with E-state index in [9.17, 15) is 22.8 Å². The topological polar surface area (TPSA) is 61.4 Å². The number of anilines is 1. The van der Waals surface area contributed by atoms with Crippen LogP contribution in [0.5, 0.6) is 0 Å². The minimum atomic E-state index is -1.66. The first-order chi connectivity index (χ1) is 11.4. The lowest BCUT2D eigenvalue weighted by atomic mass is 10.0. The largest absolute Gasteiger partial charge is 0.346 e. The van der Waals surface area contributed by atoms with Crippen LogP contribution >= 0.6 is 0 Å². The molecule has 24 heavy (non-hydrogen) atoms. The van der Waals surface area contributed by atoms with Gasteiger partial charge in [-0.3, -0.25) is 14.5 Å². The molecule has 5 nitrogen and oxygen atoms in total. The molecule has 1 aromatic rings. The van der Waals surface area contributed by atoms with Gasteiger partial charge in [-0.2, -0.15) is 0 Å². The number of carbonyl (C=O) groups excluding carboxylic acids is 2. The molecule has 1 heterocycles. The molecule has 2 amide bonds. The molecule has 0 unspecified atom stereocenters. The van der Waals surface area contributed by atoms with Crippen molar-refractivity contribution in [3.05, 3.63) is 29.6 Å². The number of amides is 2. The van der Waals surface area contributed by atoms with Gasteiger partial charge in [0, 0.05) is 6.04 Å². The number of hydrogen-bond acceptors (Lipinski definition) is 3. The number of benzene rings is 1. The van der Waals surface area contributed by atoms with Gasteiger partial charge < -0.3 is 10.6 Å². The summed E-state index contributed by atoms with van der Waals surface area (Å²) in [5, 5.41) is 4.53. The Morgan fingerprint density at radius 2 is 1.92 bits per heavy atom. The molecule has 0 radical (unpaired) electrons. The summed E-state index contributed by atoms with van der Waals surface area (Å²) in [5.74, 6) is -5.51. The van der Waals surface area contributed by atoms with Crippen LogP contribution in [0.25, 0.3) is 0 Å². The van der Waals surface area contributed by atoms with Gasteiger partial charge in [0.2, 0.25) is 11.8 Å². The maximum Gasteiger partial charge on any atom is 0.243 e. The van der Waals surface area contributed by atoms with Crippen molar-refractivity contribution in [3.8, 4) is 0 Å². The van der Waals surface area contributed by atoms with Crippen LogP contribution in [0.1, 0.15) is 26.2 Å². The van der Waals surface area contributed by atoms with Crippen LogP contribution in [0.2, 0.25) is 0 Å². The van der Waals surface area contributed by atoms with E-state index >= 15 is 0 Å². The van der Waals surface area contributed by atoms with Crippen LogP contribution in [-0.2, 0) is 9.59 Å². The van der Waals surface area contributed by atoms with E-state index in [4.69, 9.17) is 0 Å². The molecule has 0 aliphatic carbocycles. The van der Waals surface area contributed by atoms with Crippen molar-refractivity contribution >= 4 is 17.5 Å². The zero-order valence-corrected chi connectivity index (χ0v) is 13.4. The van der Waals surface area contributed by atoms with E-state index in [0.717, 1.165) is 31.9 Å². The van der Waals surface area contributed by atoms with Gasteiger partial charge in [0.05, 0.1) is 18.8 Å². The molecule has 2 N–H and O–H groups in total. The third-order valence-electron chi connectivity index (χ3n) is 4.04. The van der Waals surface area contributed by atoms with Gasteiger partial charge in [0.1, 0.15) is 0 Å². The van der Waals surface area contributed by atoms with Gasteiger partial charge in [-0.25, -0.2) is 13.2 Å². The van der Waals surface area contributed by atoms with Gasteiger partial charge in [-0.1, -0.05) is 6.42 Å². The second kappa shape index (κ2) is 8.14. The summed E-state index contributed by atoms with van der Waals surface area (Å²) in [6.45, 7) is 2.69. The maximum atomic E-state index is 13.5. The number of hydrogen-bond donors (Lipinski definition) is 2. The zero-order chi connectivity index (χ0) is 17.7. The number of piperidine rings is 1. The van der Waals surface area contributed by atoms with Gasteiger partial charge in [0.15, 0.2) is 17.5 Å². The molecule has 0 saturated carbocycles. The van der Waals surface area contributed by atoms with Crippen molar-refractivity contribution in [2.24, 2.45) is 0 Å². The Bertz CT molecular complexity index is 625. The summed E-state index contributed by atoms with van der Waals surface area (Å²) in [5.41, 5.74) is -0.474. The Hall–Kier alpha value is -2.09. The van der Waals surface area contributed by atoms with E-state index in [0.29, 0.717) is 12.1 Å². The highest BCUT2D eigenvalue weighted by Crippen LogP contribution is 2.19. The lowest BCUT2D eigenvalue weighted by Crippen LogP contribution is -2.45. The van der Waals surface area contributed by atoms with Gasteiger partial charge in [0.25, 0.3) is 0 Å². The van der Waals surface area contributed by atoms with Crippen LogP contribution in [0.15, 0.2) is 12.1 Å². The highest BCUT2D eigenvalue weighted by Gasteiger charge is 2.21. The summed E-state index contributed by atoms with van der Waals surface area (Å²) in [6, 6.07) is 1.95. The van der Waals surface area contributed by atoms with Gasteiger partial charge >= 0.3 is 0 Å². The van der Waals surface area contributed by atoms with E-state index in [-0.39, 0.29) is 19.0 Å². The third-order valence-corrected chi connectivity index (χ3v) is 4.04. The number of halogens is 3. The molecule has 0 spiro atoms. The average molecular weight is 343 g/mol. The average Bonchev–Trinajstić information content (AvgIpc) is 2.56. The Morgan fingerprint density at radius 3 is 2.62 bits per heavy atom. The Balaban J connectivity index is 1.80. The highest BCUT2D eigenvalue weighted by molar-refractivity contribution is 5.94. The van der Waals surface area contributed by atoms with Crippen molar-refractivity contribution in [1.29, 1.82) is 0 Å². The number of likely N-dealkylation sites (tertiary alicyclic amines) is 1. The fraction of sp³-hybridized carbons (Fsp3) is 0.500. The molecular formula is C16H20F3N3O2. The van der Waals surface area contributed by atoms with E-state index in [1.807, 2.05) is 11.8 Å². The predicted molar refractivity (Wildman–Crippen MR) is 82.8 cm³/mol. The molecule has 2 rings (SSSR count). The SMILES string of the molecule is C[C@@H]1CCCCN1CC(=O)NCC(=O)Nc1ccc(F)c(F)c1F. The fourth-order valence-electron chi connectivity index (χ4n) is 2.63. The maximum absolute atomic E-state index is 13.5. The minimum absolute atomic E-state index is 0.188. The molecule has 1 fully saturated rings. The first-order valence-electron chi connectivity index (χ1n) is 7.82. The molecule has 132 valence electrons. The summed E-state index contributed by atoms with van der Waals surface area (Å²) >= 11 is 0. The summed E-state index contributed by atoms with van der Waals surface area (Å²) in [4.78, 5) is 25.6. The molecule has 8 heteroatoms. The summed E-state index contributed by atoms with van der Waals surface area (Å²) < 4.78 is 39.3. The van der Waals surface area contributed by atoms with Crippen molar-refractivity contribution in [3.63, 3.8) is 0 Å². The molecule has 1 atom stereocenters. The molecular weight excluding hydrogens is 323 g/mol. The van der Waals surface area contributed by atoms with E-state index in [2.05, 4.69) is 10.6 Å². The van der Waals surface area contributed by atoms with E-state index in [1.165, 1.54) is 0 Å². The molecule has 1 saturated heterocycles. The van der Waals surface area contributed by atoms with Crippen LogP contribution < -0.4 is 10.6 Å². The van der Waals surface area contributed by atoms with Crippen molar-refractivity contribution in [2.75, 3.05) is 25.0 Å². The summed E-state index contributed by atoms with van der Waals surface area (Å²) in [6.07, 6.45) is 3.21. The lowest BCUT2D eigenvalue weighted by molar-refractivity contribution is -0.125. The third kappa shape index (κ3) is 4.70. The number of nitrogens with one attached hydrogen (secondary N) is 2. The fourth-order valence-corrected chi connectivity index (χ4v) is 2.63. The highest BCUT2D eigenvalue weighted by atomic mass is 19.2. The smallest absolute Gasteiger partial charge is 0.243 e. The number of carbonyl (C=O) groups is 2. The zero-order valence-electron chi connectivity index (χ0n) is 13.4. The predicted octanol–water partition coefficient (Wildman–Crippen LogP) is 2.03. The van der Waals surface area contributed by atoms with E-state index in [1.54, 1.807) is 0 Å². The normalized spacial score (nSPS) is 18.2. The van der Waals surface area contributed by atoms with Crippen molar-refractivity contribution < 1.29 is 22.8 Å². The first kappa shape index (κ1) is 18.3. The summed E-state index contributed by atoms with van der Waals surface area (Å²) in [7, 11) is 0. The van der Waals surface area contributed by atoms with Gasteiger partial charge in [-0.15, -0.1) is 0 Å². The number of rotatable bonds is 5. The number of nitrogens with zero attached hydrogens (tertiary/aromatic N) is 1. The minimum Gasteiger partial charge on any atom is -0.346 e. The van der Waals surface area contributed by atoms with Gasteiger partial charge in [-0.05, 0) is 38.4 Å². The monoisotopic (exact) mass is 343 g/mol. The molecule has 1 aromatic carbocycles. The van der Waals surface area contributed by atoms with Crippen molar-refractivity contribution in [1.82, 2.24) is 10.2 Å². The van der Waals surface area contributed by atoms with Crippen molar-refractivity contribution in [2.45, 2.75) is 32.2 Å². The second-order valence-electron chi connectivity index (χ2n) is 5.86. The Morgan fingerprint density at radius 1 is 1.17 bits per heavy atom. The van der Waals surface area contributed by atoms with Crippen LogP contribution in [-0.4, -0.2) is 42.4 Å². The Kier molecular flexibility index (Phi) is 6.19. The van der Waals surface area contributed by atoms with Crippen LogP contribution in [0.3, 0.4) is 0 Å². The molecule has 0 aromatic heterocycles. The van der Waals surface area contributed by atoms with Crippen LogP contribution in [0, 0.1) is 17.5 Å². The lowest BCUT2D eigenvalue weighted by Gasteiger charge is -2.32. The van der Waals surface area contributed by atoms with Crippen LogP contribution in [0.4, 0.5) is 18.9 Å². The standard InChI is InChI=1S/C16H20F3N3O2/c1-10-4-2-3-7-22(10)9-14(24)20-8-13(23)21-12-6-5-11(17)15(18)16(12)19/h5-6,10H,2-4,7-9H2,1H3,(H,20,24)(H,21,23)/t10-/m1/s1. The second-order valence-corrected chi connectivity index (χ2v) is 5.86. The quantitative estimate of drug-likeness (QED) is 0.805.